The highest BCUT2D eigenvalue weighted by molar-refractivity contribution is 7.19. The van der Waals surface area contributed by atoms with Gasteiger partial charge in [0.25, 0.3) is 5.56 Å². The second-order valence-electron chi connectivity index (χ2n) is 7.25. The van der Waals surface area contributed by atoms with Crippen molar-refractivity contribution in [2.45, 2.75) is 6.92 Å². The lowest BCUT2D eigenvalue weighted by Gasteiger charge is -2.35. The van der Waals surface area contributed by atoms with Gasteiger partial charge in [-0.1, -0.05) is 29.5 Å². The first-order chi connectivity index (χ1) is 15.1. The molecule has 158 valence electrons. The molecule has 1 N–H and O–H groups in total. The molecule has 3 aromatic heterocycles. The van der Waals surface area contributed by atoms with Crippen LogP contribution in [-0.2, 0) is 0 Å². The predicted octanol–water partition coefficient (Wildman–Crippen LogP) is 3.07. The van der Waals surface area contributed by atoms with Gasteiger partial charge in [-0.15, -0.1) is 5.10 Å². The molecule has 0 unspecified atom stereocenters. The summed E-state index contributed by atoms with van der Waals surface area (Å²) in [6, 6.07) is 12.6. The zero-order valence-corrected chi connectivity index (χ0v) is 17.6. The Morgan fingerprint density at radius 2 is 1.94 bits per heavy atom. The van der Waals surface area contributed by atoms with E-state index in [4.69, 9.17) is 4.42 Å². The van der Waals surface area contributed by atoms with E-state index in [1.165, 1.54) is 21.9 Å². The van der Waals surface area contributed by atoms with Crippen molar-refractivity contribution in [3.8, 4) is 10.8 Å². The zero-order valence-electron chi connectivity index (χ0n) is 16.8. The molecule has 1 aromatic carbocycles. The topological polar surface area (TPSA) is 96.0 Å². The summed E-state index contributed by atoms with van der Waals surface area (Å²) in [4.78, 5) is 34.1. The molecule has 1 aliphatic rings. The number of carbonyl (C=O) groups is 1. The molecule has 1 aliphatic heterocycles. The number of nitrogens with one attached hydrogen (secondary N) is 1. The van der Waals surface area contributed by atoms with Crippen molar-refractivity contribution >= 4 is 33.8 Å². The normalized spacial score (nSPS) is 14.2. The fraction of sp³-hybridized carbons (Fsp3) is 0.238. The summed E-state index contributed by atoms with van der Waals surface area (Å²) < 4.78 is 6.66. The van der Waals surface area contributed by atoms with Gasteiger partial charge < -0.3 is 19.5 Å². The maximum absolute atomic E-state index is 12.6. The average Bonchev–Trinajstić information content (AvgIpc) is 3.45. The molecule has 9 nitrogen and oxygen atoms in total. The number of aromatic nitrogens is 3. The molecule has 4 heterocycles. The number of hydrogen-bond donors (Lipinski definition) is 1. The number of hydrogen-bond acceptors (Lipinski definition) is 7. The highest BCUT2D eigenvalue weighted by Crippen LogP contribution is 2.25. The Balaban J connectivity index is 1.29. The Morgan fingerprint density at radius 3 is 2.68 bits per heavy atom. The van der Waals surface area contributed by atoms with Crippen molar-refractivity contribution in [3.05, 3.63) is 64.6 Å². The SMILES string of the molecule is Cc1ccccc1NC(=O)N1CCN(c2cc(=O)n3nc(-c4ccco4)sc3n2)CC1. The summed E-state index contributed by atoms with van der Waals surface area (Å²) in [6.07, 6.45) is 1.57. The molecule has 0 bridgehead atoms. The highest BCUT2D eigenvalue weighted by atomic mass is 32.1. The number of rotatable bonds is 3. The van der Waals surface area contributed by atoms with Crippen LogP contribution in [0.2, 0.25) is 0 Å². The van der Waals surface area contributed by atoms with E-state index >= 15 is 0 Å². The Bertz CT molecular complexity index is 1290. The van der Waals surface area contributed by atoms with Crippen LogP contribution in [0.1, 0.15) is 5.56 Å². The number of para-hydroxylation sites is 1. The van der Waals surface area contributed by atoms with Gasteiger partial charge in [0, 0.05) is 37.9 Å². The molecule has 1 saturated heterocycles. The molecule has 1 fully saturated rings. The third-order valence-corrected chi connectivity index (χ3v) is 6.16. The molecule has 10 heteroatoms. The van der Waals surface area contributed by atoms with Crippen LogP contribution in [0.4, 0.5) is 16.3 Å². The molecular weight excluding hydrogens is 416 g/mol. The van der Waals surface area contributed by atoms with Gasteiger partial charge in [-0.25, -0.2) is 9.78 Å². The maximum Gasteiger partial charge on any atom is 0.321 e. The number of aryl methyl sites for hydroxylation is 1. The summed E-state index contributed by atoms with van der Waals surface area (Å²) in [5.41, 5.74) is 1.59. The smallest absolute Gasteiger partial charge is 0.321 e. The van der Waals surface area contributed by atoms with E-state index in [9.17, 15) is 9.59 Å². The van der Waals surface area contributed by atoms with Crippen LogP contribution < -0.4 is 15.8 Å². The van der Waals surface area contributed by atoms with E-state index in [1.54, 1.807) is 23.3 Å². The fourth-order valence-electron chi connectivity index (χ4n) is 3.51. The number of fused-ring (bicyclic) bond motifs is 1. The number of piperazine rings is 1. The second-order valence-corrected chi connectivity index (χ2v) is 8.21. The van der Waals surface area contributed by atoms with Gasteiger partial charge in [-0.3, -0.25) is 4.79 Å². The Hall–Kier alpha value is -3.66. The molecule has 5 rings (SSSR count). The lowest BCUT2D eigenvalue weighted by Crippen LogP contribution is -2.50. The third kappa shape index (κ3) is 3.77. The minimum atomic E-state index is -0.242. The monoisotopic (exact) mass is 436 g/mol. The predicted molar refractivity (Wildman–Crippen MR) is 119 cm³/mol. The van der Waals surface area contributed by atoms with E-state index in [1.807, 2.05) is 36.1 Å². The van der Waals surface area contributed by atoms with E-state index in [0.717, 1.165) is 11.3 Å². The Labute approximate surface area is 181 Å². The van der Waals surface area contributed by atoms with Crippen molar-refractivity contribution < 1.29 is 9.21 Å². The van der Waals surface area contributed by atoms with Gasteiger partial charge in [-0.2, -0.15) is 4.52 Å². The van der Waals surface area contributed by atoms with Crippen molar-refractivity contribution in [1.82, 2.24) is 19.5 Å². The van der Waals surface area contributed by atoms with Crippen LogP contribution in [-0.4, -0.2) is 51.7 Å². The number of urea groups is 1. The minimum absolute atomic E-state index is 0.122. The molecule has 2 amide bonds. The summed E-state index contributed by atoms with van der Waals surface area (Å²) in [5.74, 6) is 1.20. The summed E-state index contributed by atoms with van der Waals surface area (Å²) >= 11 is 1.30. The second kappa shape index (κ2) is 7.88. The molecule has 0 atom stereocenters. The average molecular weight is 436 g/mol. The van der Waals surface area contributed by atoms with Crippen molar-refractivity contribution in [2.24, 2.45) is 0 Å². The van der Waals surface area contributed by atoms with Crippen LogP contribution in [0.15, 0.2) is 57.9 Å². The molecule has 0 radical (unpaired) electrons. The van der Waals surface area contributed by atoms with E-state index in [0.29, 0.717) is 47.7 Å². The fourth-order valence-corrected chi connectivity index (χ4v) is 4.38. The summed E-state index contributed by atoms with van der Waals surface area (Å²) in [7, 11) is 0. The first kappa shape index (κ1) is 19.3. The molecule has 0 spiro atoms. The molecule has 0 saturated carbocycles. The highest BCUT2D eigenvalue weighted by Gasteiger charge is 2.23. The van der Waals surface area contributed by atoms with Crippen LogP contribution in [0.25, 0.3) is 15.7 Å². The zero-order chi connectivity index (χ0) is 21.4. The van der Waals surface area contributed by atoms with Gasteiger partial charge in [-0.05, 0) is 30.7 Å². The summed E-state index contributed by atoms with van der Waals surface area (Å²) in [5, 5.41) is 7.88. The Kier molecular flexibility index (Phi) is 4.91. The molecular formula is C21H20N6O3S. The lowest BCUT2D eigenvalue weighted by atomic mass is 10.2. The number of carbonyl (C=O) groups excluding carboxylic acids is 1. The number of amides is 2. The Morgan fingerprint density at radius 1 is 1.13 bits per heavy atom. The van der Waals surface area contributed by atoms with Gasteiger partial charge >= 0.3 is 6.03 Å². The van der Waals surface area contributed by atoms with E-state index in [2.05, 4.69) is 15.4 Å². The standard InChI is InChI=1S/C21H20N6O3S/c1-14-5-2-3-6-15(14)22-20(29)26-10-8-25(9-11-26)17-13-18(28)27-21(23-17)31-19(24-27)16-7-4-12-30-16/h2-7,12-13H,8-11H2,1H3,(H,22,29). The van der Waals surface area contributed by atoms with Gasteiger partial charge in [0.15, 0.2) is 10.8 Å². The number of nitrogens with zero attached hydrogens (tertiary/aromatic N) is 5. The van der Waals surface area contributed by atoms with E-state index < -0.39 is 0 Å². The molecule has 31 heavy (non-hydrogen) atoms. The van der Waals surface area contributed by atoms with Crippen LogP contribution in [0, 0.1) is 6.92 Å². The number of anilines is 2. The quantitative estimate of drug-likeness (QED) is 0.530. The van der Waals surface area contributed by atoms with Crippen molar-refractivity contribution in [3.63, 3.8) is 0 Å². The first-order valence-corrected chi connectivity index (χ1v) is 10.7. The van der Waals surface area contributed by atoms with Crippen LogP contribution in [0.5, 0.6) is 0 Å². The third-order valence-electron chi connectivity index (χ3n) is 5.24. The first-order valence-electron chi connectivity index (χ1n) is 9.90. The molecule has 4 aromatic rings. The lowest BCUT2D eigenvalue weighted by molar-refractivity contribution is 0.208. The van der Waals surface area contributed by atoms with Crippen molar-refractivity contribution in [2.75, 3.05) is 36.4 Å². The van der Waals surface area contributed by atoms with Crippen LogP contribution >= 0.6 is 11.3 Å². The van der Waals surface area contributed by atoms with Crippen molar-refractivity contribution in [1.29, 1.82) is 0 Å². The minimum Gasteiger partial charge on any atom is -0.462 e. The molecule has 0 aliphatic carbocycles. The number of furan rings is 1. The maximum atomic E-state index is 12.6. The van der Waals surface area contributed by atoms with Crippen LogP contribution in [0.3, 0.4) is 0 Å². The largest absolute Gasteiger partial charge is 0.462 e. The number of benzene rings is 1. The summed E-state index contributed by atoms with van der Waals surface area (Å²) in [6.45, 7) is 4.23. The van der Waals surface area contributed by atoms with Gasteiger partial charge in [0.05, 0.1) is 6.26 Å². The van der Waals surface area contributed by atoms with Gasteiger partial charge in [0.2, 0.25) is 4.96 Å². The van der Waals surface area contributed by atoms with E-state index in [-0.39, 0.29) is 11.6 Å². The van der Waals surface area contributed by atoms with Gasteiger partial charge in [0.1, 0.15) is 5.82 Å².